The quantitative estimate of drug-likeness (QED) is 0.755. The highest BCUT2D eigenvalue weighted by Crippen LogP contribution is 2.21. The molecule has 0 aliphatic carbocycles. The van der Waals surface area contributed by atoms with Crippen LogP contribution in [0.15, 0.2) is 48.8 Å². The van der Waals surface area contributed by atoms with Crippen LogP contribution in [-0.4, -0.2) is 14.8 Å². The van der Waals surface area contributed by atoms with Gasteiger partial charge in [0, 0.05) is 21.8 Å². The normalized spacial score (nSPS) is 10.8. The van der Waals surface area contributed by atoms with Gasteiger partial charge < -0.3 is 5.73 Å². The highest BCUT2D eigenvalue weighted by Gasteiger charge is 2.10. The molecule has 0 aliphatic rings. The molecule has 1 heterocycles. The zero-order valence-corrected chi connectivity index (χ0v) is 11.8. The van der Waals surface area contributed by atoms with E-state index in [1.807, 2.05) is 12.1 Å². The fraction of sp³-hybridized carbons (Fsp3) is 0.0667. The summed E-state index contributed by atoms with van der Waals surface area (Å²) < 4.78 is 15.3. The van der Waals surface area contributed by atoms with E-state index >= 15 is 0 Å². The summed E-state index contributed by atoms with van der Waals surface area (Å²) >= 11 is 6.01. The third kappa shape index (κ3) is 2.87. The molecular formula is C15H12ClFN4. The van der Waals surface area contributed by atoms with Crippen molar-refractivity contribution in [2.24, 2.45) is 0 Å². The van der Waals surface area contributed by atoms with Gasteiger partial charge in [-0.15, -0.1) is 0 Å². The highest BCUT2D eigenvalue weighted by molar-refractivity contribution is 6.31. The van der Waals surface area contributed by atoms with Crippen LogP contribution in [0.3, 0.4) is 0 Å². The van der Waals surface area contributed by atoms with E-state index < -0.39 is 0 Å². The number of hydrogen-bond donors (Lipinski definition) is 1. The van der Waals surface area contributed by atoms with Gasteiger partial charge in [-0.2, -0.15) is 5.10 Å². The summed E-state index contributed by atoms with van der Waals surface area (Å²) in [5.74, 6) is 0.203. The fourth-order valence-electron chi connectivity index (χ4n) is 1.98. The second-order valence-electron chi connectivity index (χ2n) is 4.59. The Bertz CT molecular complexity index is 747. The van der Waals surface area contributed by atoms with Crippen molar-refractivity contribution in [3.8, 4) is 11.4 Å². The number of hydrogen-bond acceptors (Lipinski definition) is 3. The predicted molar refractivity (Wildman–Crippen MR) is 80.4 cm³/mol. The Balaban J connectivity index is 1.87. The van der Waals surface area contributed by atoms with Crippen molar-refractivity contribution in [3.63, 3.8) is 0 Å². The predicted octanol–water partition coefficient (Wildman–Crippen LogP) is 3.37. The molecule has 0 saturated carbocycles. The lowest BCUT2D eigenvalue weighted by Gasteiger charge is -2.05. The first-order valence-electron chi connectivity index (χ1n) is 6.32. The molecule has 0 atom stereocenters. The highest BCUT2D eigenvalue weighted by atomic mass is 35.5. The lowest BCUT2D eigenvalue weighted by Crippen LogP contribution is -2.03. The topological polar surface area (TPSA) is 56.7 Å². The molecule has 3 rings (SSSR count). The maximum absolute atomic E-state index is 13.8. The SMILES string of the molecule is Nc1ccc(-c2ncn(Cc3c(F)cccc3Cl)n2)cc1. The van der Waals surface area contributed by atoms with Gasteiger partial charge in [0.1, 0.15) is 12.1 Å². The largest absolute Gasteiger partial charge is 0.399 e. The third-order valence-electron chi connectivity index (χ3n) is 3.09. The van der Waals surface area contributed by atoms with Gasteiger partial charge in [0.2, 0.25) is 0 Å². The van der Waals surface area contributed by atoms with E-state index in [1.54, 1.807) is 35.3 Å². The first kappa shape index (κ1) is 13.6. The first-order valence-corrected chi connectivity index (χ1v) is 6.69. The van der Waals surface area contributed by atoms with Gasteiger partial charge in [0.25, 0.3) is 0 Å². The second-order valence-corrected chi connectivity index (χ2v) is 5.00. The lowest BCUT2D eigenvalue weighted by atomic mass is 10.2. The number of nitrogens with zero attached hydrogens (tertiary/aromatic N) is 3. The van der Waals surface area contributed by atoms with E-state index in [1.165, 1.54) is 6.07 Å². The maximum atomic E-state index is 13.8. The van der Waals surface area contributed by atoms with Crippen LogP contribution >= 0.6 is 11.6 Å². The standard InChI is InChI=1S/C15H12ClFN4/c16-13-2-1-3-14(17)12(13)8-21-9-19-15(20-21)10-4-6-11(18)7-5-10/h1-7,9H,8,18H2. The molecule has 4 nitrogen and oxygen atoms in total. The van der Waals surface area contributed by atoms with Crippen molar-refractivity contribution in [3.05, 3.63) is 65.2 Å². The van der Waals surface area contributed by atoms with Crippen LogP contribution in [0.1, 0.15) is 5.56 Å². The van der Waals surface area contributed by atoms with Crippen molar-refractivity contribution in [2.75, 3.05) is 5.73 Å². The Morgan fingerprint density at radius 1 is 1.14 bits per heavy atom. The zero-order chi connectivity index (χ0) is 14.8. The minimum atomic E-state index is -0.355. The van der Waals surface area contributed by atoms with E-state index in [-0.39, 0.29) is 12.4 Å². The molecule has 0 amide bonds. The average molecular weight is 303 g/mol. The number of halogens is 2. The minimum Gasteiger partial charge on any atom is -0.399 e. The summed E-state index contributed by atoms with van der Waals surface area (Å²) in [6.45, 7) is 0.230. The summed E-state index contributed by atoms with van der Waals surface area (Å²) in [6.07, 6.45) is 1.55. The van der Waals surface area contributed by atoms with E-state index in [2.05, 4.69) is 10.1 Å². The maximum Gasteiger partial charge on any atom is 0.181 e. The summed E-state index contributed by atoms with van der Waals surface area (Å²) in [5.41, 5.74) is 7.57. The van der Waals surface area contributed by atoms with Crippen LogP contribution in [0.25, 0.3) is 11.4 Å². The molecule has 0 saturated heterocycles. The molecule has 0 spiro atoms. The molecule has 21 heavy (non-hydrogen) atoms. The number of nitrogens with two attached hydrogens (primary N) is 1. The van der Waals surface area contributed by atoms with Gasteiger partial charge in [-0.1, -0.05) is 17.7 Å². The smallest absolute Gasteiger partial charge is 0.181 e. The Kier molecular flexibility index (Phi) is 3.58. The van der Waals surface area contributed by atoms with Crippen molar-refractivity contribution in [2.45, 2.75) is 6.54 Å². The minimum absolute atomic E-state index is 0.230. The number of benzene rings is 2. The van der Waals surface area contributed by atoms with Gasteiger partial charge in [-0.25, -0.2) is 14.1 Å². The molecule has 0 aliphatic heterocycles. The summed E-state index contributed by atoms with van der Waals surface area (Å²) in [4.78, 5) is 4.22. The lowest BCUT2D eigenvalue weighted by molar-refractivity contribution is 0.585. The van der Waals surface area contributed by atoms with Crippen LogP contribution in [-0.2, 0) is 6.54 Å². The van der Waals surface area contributed by atoms with Gasteiger partial charge in [0.05, 0.1) is 6.54 Å². The Labute approximate surface area is 126 Å². The van der Waals surface area contributed by atoms with Gasteiger partial charge >= 0.3 is 0 Å². The average Bonchev–Trinajstić information content (AvgIpc) is 2.92. The number of anilines is 1. The molecule has 6 heteroatoms. The summed E-state index contributed by atoms with van der Waals surface area (Å²) in [5, 5.41) is 4.70. The van der Waals surface area contributed by atoms with Crippen LogP contribution in [0.5, 0.6) is 0 Å². The Morgan fingerprint density at radius 2 is 1.90 bits per heavy atom. The summed E-state index contributed by atoms with van der Waals surface area (Å²) in [7, 11) is 0. The van der Waals surface area contributed by atoms with E-state index in [0.717, 1.165) is 5.56 Å². The zero-order valence-electron chi connectivity index (χ0n) is 11.0. The van der Waals surface area contributed by atoms with Gasteiger partial charge in [-0.3, -0.25) is 0 Å². The van der Waals surface area contributed by atoms with Crippen molar-refractivity contribution < 1.29 is 4.39 Å². The number of nitrogen functional groups attached to an aromatic ring is 1. The molecule has 1 aromatic heterocycles. The van der Waals surface area contributed by atoms with Crippen molar-refractivity contribution >= 4 is 17.3 Å². The van der Waals surface area contributed by atoms with Crippen LogP contribution < -0.4 is 5.73 Å². The number of rotatable bonds is 3. The molecule has 2 N–H and O–H groups in total. The fourth-order valence-corrected chi connectivity index (χ4v) is 2.20. The van der Waals surface area contributed by atoms with E-state index in [0.29, 0.717) is 22.1 Å². The molecule has 2 aromatic carbocycles. The molecule has 0 bridgehead atoms. The molecule has 0 unspecified atom stereocenters. The molecular weight excluding hydrogens is 291 g/mol. The van der Waals surface area contributed by atoms with Crippen molar-refractivity contribution in [1.82, 2.24) is 14.8 Å². The molecule has 0 fully saturated rings. The number of aromatic nitrogens is 3. The summed E-state index contributed by atoms with van der Waals surface area (Å²) in [6, 6.07) is 11.8. The third-order valence-corrected chi connectivity index (χ3v) is 3.44. The van der Waals surface area contributed by atoms with Crippen LogP contribution in [0, 0.1) is 5.82 Å². The monoisotopic (exact) mass is 302 g/mol. The van der Waals surface area contributed by atoms with Crippen molar-refractivity contribution in [1.29, 1.82) is 0 Å². The van der Waals surface area contributed by atoms with E-state index in [4.69, 9.17) is 17.3 Å². The molecule has 106 valence electrons. The Morgan fingerprint density at radius 3 is 2.62 bits per heavy atom. The molecule has 0 radical (unpaired) electrons. The molecule has 3 aromatic rings. The second kappa shape index (κ2) is 5.54. The van der Waals surface area contributed by atoms with Gasteiger partial charge in [0.15, 0.2) is 5.82 Å². The van der Waals surface area contributed by atoms with E-state index in [9.17, 15) is 4.39 Å². The van der Waals surface area contributed by atoms with Gasteiger partial charge in [-0.05, 0) is 36.4 Å². The Hall–Kier alpha value is -2.40. The first-order chi connectivity index (χ1) is 10.1. The van der Waals surface area contributed by atoms with Crippen LogP contribution in [0.4, 0.5) is 10.1 Å². The van der Waals surface area contributed by atoms with Crippen LogP contribution in [0.2, 0.25) is 5.02 Å².